The second-order valence-corrected chi connectivity index (χ2v) is 15.0. The molecular formula is C34H64N4O3. The minimum Gasteiger partial charge on any atom is -0.469 e. The summed E-state index contributed by atoms with van der Waals surface area (Å²) in [5, 5.41) is 15.8. The molecule has 7 nitrogen and oxygen atoms in total. The lowest BCUT2D eigenvalue weighted by atomic mass is 9.43. The van der Waals surface area contributed by atoms with E-state index in [-0.39, 0.29) is 17.5 Å². The van der Waals surface area contributed by atoms with Crippen LogP contribution < -0.4 is 16.8 Å². The lowest BCUT2D eigenvalue weighted by molar-refractivity contribution is -0.170. The van der Waals surface area contributed by atoms with E-state index in [9.17, 15) is 9.90 Å². The van der Waals surface area contributed by atoms with Crippen molar-refractivity contribution in [3.63, 3.8) is 0 Å². The quantitative estimate of drug-likeness (QED) is 0.167. The average Bonchev–Trinajstić information content (AvgIpc) is 3.34. The number of nitrogens with zero attached hydrogens (tertiary/aromatic N) is 1. The number of ether oxygens (including phenoxy) is 1. The summed E-state index contributed by atoms with van der Waals surface area (Å²) in [6.07, 6.45) is 14.4. The first-order valence-electron chi connectivity index (χ1n) is 17.3. The second-order valence-electron chi connectivity index (χ2n) is 15.0. The number of methoxy groups -OCH3 is 1. The number of carbonyl (C=O) groups excluding carboxylic acids is 1. The van der Waals surface area contributed by atoms with Crippen LogP contribution in [0.1, 0.15) is 104 Å². The van der Waals surface area contributed by atoms with E-state index in [4.69, 9.17) is 16.2 Å². The molecule has 0 aliphatic heterocycles. The van der Waals surface area contributed by atoms with Crippen molar-refractivity contribution in [3.8, 4) is 0 Å². The van der Waals surface area contributed by atoms with Crippen LogP contribution in [0.4, 0.5) is 0 Å². The number of carbonyl (C=O) groups is 1. The van der Waals surface area contributed by atoms with Gasteiger partial charge in [0.05, 0.1) is 13.2 Å². The Labute approximate surface area is 251 Å². The smallest absolute Gasteiger partial charge is 0.305 e. The molecule has 6 N–H and O–H groups in total. The Morgan fingerprint density at radius 3 is 2.39 bits per heavy atom. The number of fused-ring (bicyclic) bond motifs is 5. The number of hydrogen-bond acceptors (Lipinski definition) is 7. The number of aliphatic hydroxyl groups is 1. The van der Waals surface area contributed by atoms with Crippen molar-refractivity contribution in [2.45, 2.75) is 116 Å². The van der Waals surface area contributed by atoms with E-state index in [0.29, 0.717) is 41.5 Å². The molecule has 0 heterocycles. The maximum atomic E-state index is 11.9. The van der Waals surface area contributed by atoms with Gasteiger partial charge in [-0.3, -0.25) is 4.79 Å². The Balaban J connectivity index is 1.31. The summed E-state index contributed by atoms with van der Waals surface area (Å²) in [5.74, 6) is 3.63. The third-order valence-electron chi connectivity index (χ3n) is 13.0. The van der Waals surface area contributed by atoms with E-state index < -0.39 is 0 Å². The zero-order chi connectivity index (χ0) is 29.6. The Morgan fingerprint density at radius 1 is 1.00 bits per heavy atom. The number of esters is 1. The molecule has 4 unspecified atom stereocenters. The highest BCUT2D eigenvalue weighted by Gasteiger charge is 2.63. The summed E-state index contributed by atoms with van der Waals surface area (Å²) in [5.41, 5.74) is 11.9. The number of aliphatic hydroxyl groups excluding tert-OH is 1. The maximum absolute atomic E-state index is 11.9. The lowest BCUT2D eigenvalue weighted by Gasteiger charge is -2.62. The van der Waals surface area contributed by atoms with E-state index in [1.165, 1.54) is 58.5 Å². The second kappa shape index (κ2) is 14.8. The van der Waals surface area contributed by atoms with Crippen LogP contribution >= 0.6 is 0 Å². The van der Waals surface area contributed by atoms with Gasteiger partial charge in [0, 0.05) is 12.5 Å². The number of rotatable bonds is 15. The van der Waals surface area contributed by atoms with Gasteiger partial charge in [0.25, 0.3) is 0 Å². The zero-order valence-corrected chi connectivity index (χ0v) is 26.9. The SMILES string of the molecule is COC(=O)CC[C@@H](C)[C@H]1CCC2C3CCC4C[C@@H](NCCCN(CCCN)CCCN)CC[C@]4(C)C3C[C@H](O)[C@@]21C. The van der Waals surface area contributed by atoms with Crippen molar-refractivity contribution in [1.82, 2.24) is 10.2 Å². The van der Waals surface area contributed by atoms with Gasteiger partial charge < -0.3 is 31.5 Å². The molecule has 0 spiro atoms. The minimum absolute atomic E-state index is 0.0130. The van der Waals surface area contributed by atoms with Crippen molar-refractivity contribution >= 4 is 5.97 Å². The topological polar surface area (TPSA) is 114 Å². The minimum atomic E-state index is -0.227. The van der Waals surface area contributed by atoms with Crippen LogP contribution in [0.3, 0.4) is 0 Å². The fourth-order valence-electron chi connectivity index (χ4n) is 10.6. The third-order valence-corrected chi connectivity index (χ3v) is 13.0. The summed E-state index contributed by atoms with van der Waals surface area (Å²) in [4.78, 5) is 14.4. The Morgan fingerprint density at radius 2 is 1.71 bits per heavy atom. The van der Waals surface area contributed by atoms with Gasteiger partial charge in [0.1, 0.15) is 0 Å². The van der Waals surface area contributed by atoms with E-state index in [1.807, 2.05) is 0 Å². The Bertz CT molecular complexity index is 820. The predicted octanol–water partition coefficient (Wildman–Crippen LogP) is 4.55. The summed E-state index contributed by atoms with van der Waals surface area (Å²) in [7, 11) is 1.48. The molecule has 4 saturated carbocycles. The van der Waals surface area contributed by atoms with Crippen molar-refractivity contribution in [1.29, 1.82) is 0 Å². The van der Waals surface area contributed by atoms with Crippen LogP contribution in [0.25, 0.3) is 0 Å². The van der Waals surface area contributed by atoms with Crippen molar-refractivity contribution in [3.05, 3.63) is 0 Å². The van der Waals surface area contributed by atoms with Crippen LogP contribution in [0.5, 0.6) is 0 Å². The molecular weight excluding hydrogens is 512 g/mol. The standard InChI is InChI=1S/C34H64N4O3/c1-24(8-13-32(40)41-4)28-11-12-29-27-10-9-25-22-26(37-18-7-21-38(19-5-16-35)20-6-17-36)14-15-33(25,2)30(27)23-31(39)34(28,29)3/h24-31,37,39H,5-23,35-36H2,1-4H3/t24-,25?,26+,27?,28-,29?,30?,31+,33+,34-/m1/s1. The fraction of sp³-hybridized carbons (Fsp3) is 0.971. The van der Waals surface area contributed by atoms with Crippen molar-refractivity contribution in [2.75, 3.05) is 46.4 Å². The fourth-order valence-corrected chi connectivity index (χ4v) is 10.6. The summed E-state index contributed by atoms with van der Waals surface area (Å²) in [6.45, 7) is 13.2. The molecule has 4 aliphatic rings. The normalized spacial score (nSPS) is 39.2. The molecule has 0 aromatic carbocycles. The van der Waals surface area contributed by atoms with Crippen molar-refractivity contribution < 1.29 is 14.6 Å². The van der Waals surface area contributed by atoms with Gasteiger partial charge in [-0.1, -0.05) is 20.8 Å². The van der Waals surface area contributed by atoms with Gasteiger partial charge in [0.2, 0.25) is 0 Å². The molecule has 0 bridgehead atoms. The maximum Gasteiger partial charge on any atom is 0.305 e. The molecule has 0 amide bonds. The Hall–Kier alpha value is -0.730. The Kier molecular flexibility index (Phi) is 12.0. The van der Waals surface area contributed by atoms with Crippen LogP contribution in [-0.4, -0.2) is 74.5 Å². The summed E-state index contributed by atoms with van der Waals surface area (Å²) in [6, 6.07) is 0.636. The van der Waals surface area contributed by atoms with Gasteiger partial charge in [0.15, 0.2) is 0 Å². The highest BCUT2D eigenvalue weighted by molar-refractivity contribution is 5.69. The van der Waals surface area contributed by atoms with Gasteiger partial charge in [-0.15, -0.1) is 0 Å². The monoisotopic (exact) mass is 576 g/mol. The lowest BCUT2D eigenvalue weighted by Crippen LogP contribution is -2.59. The van der Waals surface area contributed by atoms with Crippen molar-refractivity contribution in [2.24, 2.45) is 57.8 Å². The summed E-state index contributed by atoms with van der Waals surface area (Å²) >= 11 is 0. The number of nitrogens with one attached hydrogen (secondary N) is 1. The van der Waals surface area contributed by atoms with Gasteiger partial charge >= 0.3 is 5.97 Å². The molecule has 4 rings (SSSR count). The molecule has 4 aliphatic carbocycles. The number of nitrogens with two attached hydrogens (primary N) is 2. The van der Waals surface area contributed by atoms with Gasteiger partial charge in [-0.25, -0.2) is 0 Å². The molecule has 0 radical (unpaired) electrons. The van der Waals surface area contributed by atoms with Crippen LogP contribution in [0.15, 0.2) is 0 Å². The average molecular weight is 577 g/mol. The first kappa shape index (κ1) is 33.2. The molecule has 238 valence electrons. The van der Waals surface area contributed by atoms with E-state index in [0.717, 1.165) is 76.8 Å². The first-order chi connectivity index (χ1) is 19.7. The highest BCUT2D eigenvalue weighted by atomic mass is 16.5. The van der Waals surface area contributed by atoms with Crippen LogP contribution in [0.2, 0.25) is 0 Å². The largest absolute Gasteiger partial charge is 0.469 e. The third kappa shape index (κ3) is 7.16. The first-order valence-corrected chi connectivity index (χ1v) is 17.3. The predicted molar refractivity (Wildman–Crippen MR) is 167 cm³/mol. The molecule has 0 aromatic heterocycles. The van der Waals surface area contributed by atoms with E-state index in [2.05, 4.69) is 31.0 Å². The zero-order valence-electron chi connectivity index (χ0n) is 26.9. The molecule has 41 heavy (non-hydrogen) atoms. The molecule has 0 aromatic rings. The molecule has 4 fully saturated rings. The van der Waals surface area contributed by atoms with E-state index >= 15 is 0 Å². The molecule has 0 saturated heterocycles. The van der Waals surface area contributed by atoms with Crippen LogP contribution in [0, 0.1) is 46.3 Å². The molecule has 7 heteroatoms. The highest BCUT2D eigenvalue weighted by Crippen LogP contribution is 2.68. The summed E-state index contributed by atoms with van der Waals surface area (Å²) < 4.78 is 4.92. The van der Waals surface area contributed by atoms with Gasteiger partial charge in [-0.2, -0.15) is 0 Å². The van der Waals surface area contributed by atoms with Crippen LogP contribution in [-0.2, 0) is 9.53 Å². The van der Waals surface area contributed by atoms with Gasteiger partial charge in [-0.05, 0) is 163 Å². The molecule has 10 atom stereocenters. The number of hydrogen-bond donors (Lipinski definition) is 4. The van der Waals surface area contributed by atoms with E-state index in [1.54, 1.807) is 0 Å².